The molecule has 10 heteroatoms. The van der Waals surface area contributed by atoms with Gasteiger partial charge in [-0.25, -0.2) is 4.99 Å². The molecule has 0 bridgehead atoms. The number of methoxy groups -OCH3 is 2. The summed E-state index contributed by atoms with van der Waals surface area (Å²) in [6.07, 6.45) is 4.22. The van der Waals surface area contributed by atoms with Gasteiger partial charge in [0.1, 0.15) is 6.17 Å². The van der Waals surface area contributed by atoms with Crippen LogP contribution in [0.2, 0.25) is 0 Å². The zero-order valence-corrected chi connectivity index (χ0v) is 20.7. The maximum absolute atomic E-state index is 13.2. The number of β-amino-alcohol motifs (C(OH)–C–C–N with tert-alkyl or cyclic N) is 1. The van der Waals surface area contributed by atoms with Gasteiger partial charge in [-0.1, -0.05) is 17.8 Å². The Morgan fingerprint density at radius 2 is 1.94 bits per heavy atom. The summed E-state index contributed by atoms with van der Waals surface area (Å²) in [6.45, 7) is 4.74. The monoisotopic (exact) mass is 477 g/mol. The van der Waals surface area contributed by atoms with Crippen molar-refractivity contribution in [2.75, 3.05) is 73.4 Å². The number of hydrogen-bond donors (Lipinski definition) is 2. The molecule has 0 aliphatic carbocycles. The van der Waals surface area contributed by atoms with Crippen LogP contribution in [0.15, 0.2) is 35.0 Å². The zero-order valence-electron chi connectivity index (χ0n) is 19.9. The maximum atomic E-state index is 13.2. The Morgan fingerprint density at radius 3 is 2.58 bits per heavy atom. The van der Waals surface area contributed by atoms with E-state index in [1.807, 2.05) is 31.5 Å². The van der Waals surface area contributed by atoms with E-state index in [2.05, 4.69) is 25.0 Å². The van der Waals surface area contributed by atoms with E-state index in [0.29, 0.717) is 36.6 Å². The van der Waals surface area contributed by atoms with Crippen molar-refractivity contribution in [1.29, 1.82) is 0 Å². The van der Waals surface area contributed by atoms with E-state index in [1.165, 1.54) is 0 Å². The minimum Gasteiger partial charge on any atom is -0.493 e. The molecule has 1 unspecified atom stereocenters. The number of amidine groups is 1. The second-order valence-corrected chi connectivity index (χ2v) is 8.75. The number of aliphatic imine (C=N–C) groups is 1. The number of nitrogens with zero attached hydrogens (tertiary/aromatic N) is 4. The predicted octanol–water partition coefficient (Wildman–Crippen LogP) is 0.847. The molecule has 9 nitrogen and oxygen atoms in total. The lowest BCUT2D eigenvalue weighted by atomic mass is 10.1. The van der Waals surface area contributed by atoms with Gasteiger partial charge in [-0.15, -0.1) is 0 Å². The molecule has 2 heterocycles. The first-order valence-corrected chi connectivity index (χ1v) is 12.4. The standard InChI is InChI=1S/C23H35N5O4S/c1-26-22(28-11-9-27(10-12-28)13-14-29)18(16-25-23(26)33-4)21(30)24-8-7-17-5-6-19(31-2)20(15-17)32-3/h5-6,15-16,22,29H,7-14H2,1-4H3,(H,24,30). The number of carbonyl (C=O) groups is 1. The van der Waals surface area contributed by atoms with Crippen molar-refractivity contribution in [3.05, 3.63) is 35.5 Å². The molecule has 0 saturated carbocycles. The molecule has 0 radical (unpaired) electrons. The molecule has 0 spiro atoms. The second-order valence-electron chi connectivity index (χ2n) is 7.98. The molecule has 1 aromatic rings. The molecule has 2 aliphatic heterocycles. The Labute approximate surface area is 200 Å². The van der Waals surface area contributed by atoms with Gasteiger partial charge in [0.2, 0.25) is 0 Å². The van der Waals surface area contributed by atoms with Crippen LogP contribution in [0.1, 0.15) is 5.56 Å². The number of piperazine rings is 1. The second kappa shape index (κ2) is 12.3. The van der Waals surface area contributed by atoms with Gasteiger partial charge in [0.25, 0.3) is 5.91 Å². The van der Waals surface area contributed by atoms with Crippen LogP contribution in [-0.2, 0) is 11.2 Å². The van der Waals surface area contributed by atoms with E-state index in [4.69, 9.17) is 9.47 Å². The average Bonchev–Trinajstić information content (AvgIpc) is 2.84. The van der Waals surface area contributed by atoms with Gasteiger partial charge in [-0.2, -0.15) is 0 Å². The topological polar surface area (TPSA) is 89.9 Å². The zero-order chi connectivity index (χ0) is 23.8. The van der Waals surface area contributed by atoms with Gasteiger partial charge in [-0.3, -0.25) is 14.6 Å². The molecular weight excluding hydrogens is 442 g/mol. The highest BCUT2D eigenvalue weighted by Crippen LogP contribution is 2.28. The minimum atomic E-state index is -0.165. The summed E-state index contributed by atoms with van der Waals surface area (Å²) >= 11 is 1.57. The van der Waals surface area contributed by atoms with Crippen molar-refractivity contribution in [2.45, 2.75) is 12.6 Å². The first kappa shape index (κ1) is 25.4. The molecule has 1 saturated heterocycles. The number of aliphatic hydroxyl groups is 1. The van der Waals surface area contributed by atoms with Gasteiger partial charge in [0.05, 0.1) is 26.4 Å². The van der Waals surface area contributed by atoms with E-state index in [-0.39, 0.29) is 18.7 Å². The number of carbonyl (C=O) groups excluding carboxylic acids is 1. The first-order valence-electron chi connectivity index (χ1n) is 11.1. The Balaban J connectivity index is 1.65. The van der Waals surface area contributed by atoms with Crippen LogP contribution < -0.4 is 14.8 Å². The van der Waals surface area contributed by atoms with E-state index >= 15 is 0 Å². The number of amides is 1. The molecule has 1 aromatic carbocycles. The van der Waals surface area contributed by atoms with Gasteiger partial charge in [0.15, 0.2) is 16.7 Å². The fraction of sp³-hybridized carbons (Fsp3) is 0.565. The van der Waals surface area contributed by atoms with Crippen molar-refractivity contribution in [3.63, 3.8) is 0 Å². The number of likely N-dealkylation sites (N-methyl/N-ethyl adjacent to an activating group) is 1. The average molecular weight is 478 g/mol. The third kappa shape index (κ3) is 6.20. The lowest BCUT2D eigenvalue weighted by Crippen LogP contribution is -2.59. The Hall–Kier alpha value is -2.27. The quantitative estimate of drug-likeness (QED) is 0.541. The summed E-state index contributed by atoms with van der Waals surface area (Å²) in [4.78, 5) is 24.3. The number of benzene rings is 1. The third-order valence-electron chi connectivity index (χ3n) is 6.02. The number of ether oxygens (including phenoxy) is 2. The number of rotatable bonds is 9. The summed E-state index contributed by atoms with van der Waals surface area (Å²) < 4.78 is 10.7. The maximum Gasteiger partial charge on any atom is 0.252 e. The van der Waals surface area contributed by atoms with Gasteiger partial charge >= 0.3 is 0 Å². The largest absolute Gasteiger partial charge is 0.493 e. The summed E-state index contributed by atoms with van der Waals surface area (Å²) in [6, 6.07) is 5.78. The SMILES string of the molecule is COc1ccc(CCNC(=O)C2=CN=C(SC)N(C)C2N2CCN(CCO)CC2)cc1OC. The smallest absolute Gasteiger partial charge is 0.252 e. The highest BCUT2D eigenvalue weighted by molar-refractivity contribution is 8.13. The number of thioether (sulfide) groups is 1. The summed E-state index contributed by atoms with van der Waals surface area (Å²) in [5.74, 6) is 1.26. The Morgan fingerprint density at radius 1 is 1.21 bits per heavy atom. The van der Waals surface area contributed by atoms with Crippen LogP contribution in [0.4, 0.5) is 0 Å². The van der Waals surface area contributed by atoms with Gasteiger partial charge < -0.3 is 24.8 Å². The van der Waals surface area contributed by atoms with Crippen molar-refractivity contribution >= 4 is 22.8 Å². The number of hydrogen-bond acceptors (Lipinski definition) is 9. The van der Waals surface area contributed by atoms with Crippen LogP contribution in [0.5, 0.6) is 11.5 Å². The summed E-state index contributed by atoms with van der Waals surface area (Å²) in [5, 5.41) is 13.2. The van der Waals surface area contributed by atoms with E-state index in [1.54, 1.807) is 32.2 Å². The Bertz CT molecular complexity index is 870. The molecule has 1 atom stereocenters. The fourth-order valence-electron chi connectivity index (χ4n) is 4.24. The van der Waals surface area contributed by atoms with Gasteiger partial charge in [0, 0.05) is 52.5 Å². The minimum absolute atomic E-state index is 0.103. The third-order valence-corrected chi connectivity index (χ3v) is 6.78. The van der Waals surface area contributed by atoms with Crippen molar-refractivity contribution in [3.8, 4) is 11.5 Å². The molecular formula is C23H35N5O4S. The predicted molar refractivity (Wildman–Crippen MR) is 132 cm³/mol. The molecule has 0 aromatic heterocycles. The van der Waals surface area contributed by atoms with Crippen molar-refractivity contribution < 1.29 is 19.4 Å². The molecule has 33 heavy (non-hydrogen) atoms. The normalized spacial score (nSPS) is 19.7. The van der Waals surface area contributed by atoms with E-state index in [0.717, 1.165) is 36.9 Å². The number of nitrogens with one attached hydrogen (secondary N) is 1. The molecule has 2 N–H and O–H groups in total. The van der Waals surface area contributed by atoms with E-state index < -0.39 is 0 Å². The molecule has 2 aliphatic rings. The summed E-state index contributed by atoms with van der Waals surface area (Å²) in [7, 11) is 5.22. The van der Waals surface area contributed by atoms with Crippen LogP contribution >= 0.6 is 11.8 Å². The van der Waals surface area contributed by atoms with Gasteiger partial charge in [-0.05, 0) is 30.4 Å². The lowest BCUT2D eigenvalue weighted by Gasteiger charge is -2.44. The van der Waals surface area contributed by atoms with Crippen LogP contribution in [-0.4, -0.2) is 110 Å². The molecule has 3 rings (SSSR count). The molecule has 182 valence electrons. The van der Waals surface area contributed by atoms with Crippen LogP contribution in [0, 0.1) is 0 Å². The molecule has 1 amide bonds. The van der Waals surface area contributed by atoms with E-state index in [9.17, 15) is 9.90 Å². The van der Waals surface area contributed by atoms with Crippen LogP contribution in [0.3, 0.4) is 0 Å². The van der Waals surface area contributed by atoms with Crippen molar-refractivity contribution in [2.24, 2.45) is 4.99 Å². The van der Waals surface area contributed by atoms with Crippen LogP contribution in [0.25, 0.3) is 0 Å². The number of aliphatic hydroxyl groups excluding tert-OH is 1. The lowest BCUT2D eigenvalue weighted by molar-refractivity contribution is -0.118. The fourth-order valence-corrected chi connectivity index (χ4v) is 4.79. The summed E-state index contributed by atoms with van der Waals surface area (Å²) in [5.41, 5.74) is 1.71. The first-order chi connectivity index (χ1) is 16.0. The van der Waals surface area contributed by atoms with Crippen molar-refractivity contribution in [1.82, 2.24) is 20.0 Å². The molecule has 1 fully saturated rings. The highest BCUT2D eigenvalue weighted by Gasteiger charge is 2.35. The Kier molecular flexibility index (Phi) is 9.42. The highest BCUT2D eigenvalue weighted by atomic mass is 32.2.